The average molecular weight is 398 g/mol. The maximum atomic E-state index is 13.0. The molecule has 1 aliphatic rings. The molecule has 1 atom stereocenters. The number of carbonyl (C=O) groups is 2. The molecule has 0 radical (unpaired) electrons. The van der Waals surface area contributed by atoms with Gasteiger partial charge in [-0.1, -0.05) is 30.3 Å². The molecule has 0 saturated carbocycles. The minimum Gasteiger partial charge on any atom is -0.450 e. The van der Waals surface area contributed by atoms with E-state index in [2.05, 4.69) is 5.32 Å². The predicted octanol–water partition coefficient (Wildman–Crippen LogP) is 3.87. The minimum absolute atomic E-state index is 0.0980. The lowest BCUT2D eigenvalue weighted by atomic mass is 9.97. The van der Waals surface area contributed by atoms with E-state index in [4.69, 9.17) is 9.72 Å². The van der Waals surface area contributed by atoms with Crippen LogP contribution in [0, 0.1) is 5.92 Å². The Hall–Kier alpha value is -2.87. The highest BCUT2D eigenvalue weighted by molar-refractivity contribution is 7.15. The summed E-state index contributed by atoms with van der Waals surface area (Å²) >= 11 is 1.52. The van der Waals surface area contributed by atoms with Gasteiger partial charge in [-0.25, -0.2) is 9.78 Å². The number of aromatic nitrogens is 2. The molecule has 146 valence electrons. The van der Waals surface area contributed by atoms with Gasteiger partial charge in [0, 0.05) is 30.2 Å². The van der Waals surface area contributed by atoms with Crippen molar-refractivity contribution in [3.05, 3.63) is 41.9 Å². The Labute approximate surface area is 166 Å². The summed E-state index contributed by atoms with van der Waals surface area (Å²) in [4.78, 5) is 32.2. The molecule has 1 unspecified atom stereocenters. The summed E-state index contributed by atoms with van der Waals surface area (Å²) in [6.07, 6.45) is 3.08. The largest absolute Gasteiger partial charge is 0.450 e. The summed E-state index contributed by atoms with van der Waals surface area (Å²) in [6.45, 7) is 3.11. The molecule has 2 amide bonds. The third-order valence-corrected chi connectivity index (χ3v) is 5.63. The Morgan fingerprint density at radius 1 is 1.32 bits per heavy atom. The van der Waals surface area contributed by atoms with Crippen molar-refractivity contribution in [2.45, 2.75) is 19.8 Å². The molecule has 0 aliphatic carbocycles. The Bertz CT molecular complexity index is 982. The van der Waals surface area contributed by atoms with Crippen LogP contribution >= 0.6 is 11.3 Å². The van der Waals surface area contributed by atoms with Gasteiger partial charge in [0.15, 0.2) is 4.96 Å². The fourth-order valence-corrected chi connectivity index (χ4v) is 4.21. The SMILES string of the molecule is CCOC(=O)N1CCCC(C(=O)Nc2c(-c3ccccc3)nc3sccn23)C1. The number of ether oxygens (including phenoxy) is 1. The number of fused-ring (bicyclic) bond motifs is 1. The van der Waals surface area contributed by atoms with Crippen LogP contribution < -0.4 is 5.32 Å². The molecule has 1 aromatic carbocycles. The molecule has 7 nitrogen and oxygen atoms in total. The number of benzene rings is 1. The van der Waals surface area contributed by atoms with Crippen molar-refractivity contribution in [3.63, 3.8) is 0 Å². The second-order valence-corrected chi connectivity index (χ2v) is 7.58. The molecule has 3 heterocycles. The molecule has 1 fully saturated rings. The van der Waals surface area contributed by atoms with Gasteiger partial charge in [0.05, 0.1) is 12.5 Å². The number of hydrogen-bond acceptors (Lipinski definition) is 5. The first-order valence-electron chi connectivity index (χ1n) is 9.41. The van der Waals surface area contributed by atoms with Crippen LogP contribution in [0.1, 0.15) is 19.8 Å². The number of hydrogen-bond donors (Lipinski definition) is 1. The van der Waals surface area contributed by atoms with Gasteiger partial charge in [0.2, 0.25) is 5.91 Å². The van der Waals surface area contributed by atoms with Crippen LogP contribution in [-0.2, 0) is 9.53 Å². The molecule has 8 heteroatoms. The van der Waals surface area contributed by atoms with Gasteiger partial charge in [-0.3, -0.25) is 9.20 Å². The van der Waals surface area contributed by atoms with Gasteiger partial charge in [0.25, 0.3) is 0 Å². The first-order chi connectivity index (χ1) is 13.7. The molecular formula is C20H22N4O3S. The highest BCUT2D eigenvalue weighted by Crippen LogP contribution is 2.31. The predicted molar refractivity (Wildman–Crippen MR) is 108 cm³/mol. The smallest absolute Gasteiger partial charge is 0.409 e. The molecule has 4 rings (SSSR count). The highest BCUT2D eigenvalue weighted by Gasteiger charge is 2.30. The fraction of sp³-hybridized carbons (Fsp3) is 0.350. The van der Waals surface area contributed by atoms with Crippen LogP contribution in [0.2, 0.25) is 0 Å². The van der Waals surface area contributed by atoms with E-state index in [9.17, 15) is 9.59 Å². The Balaban J connectivity index is 1.57. The number of piperidine rings is 1. The third kappa shape index (κ3) is 3.60. The first kappa shape index (κ1) is 18.5. The van der Waals surface area contributed by atoms with Gasteiger partial charge < -0.3 is 15.0 Å². The highest BCUT2D eigenvalue weighted by atomic mass is 32.1. The maximum Gasteiger partial charge on any atom is 0.409 e. The van der Waals surface area contributed by atoms with Gasteiger partial charge >= 0.3 is 6.09 Å². The normalized spacial score (nSPS) is 16.9. The van der Waals surface area contributed by atoms with E-state index in [0.717, 1.165) is 29.1 Å². The van der Waals surface area contributed by atoms with Gasteiger partial charge in [-0.15, -0.1) is 11.3 Å². The van der Waals surface area contributed by atoms with Crippen molar-refractivity contribution in [1.29, 1.82) is 0 Å². The van der Waals surface area contributed by atoms with Crippen molar-refractivity contribution in [1.82, 2.24) is 14.3 Å². The van der Waals surface area contributed by atoms with Gasteiger partial charge in [-0.2, -0.15) is 0 Å². The summed E-state index contributed by atoms with van der Waals surface area (Å²) in [5, 5.41) is 5.01. The maximum absolute atomic E-state index is 13.0. The quantitative estimate of drug-likeness (QED) is 0.724. The van der Waals surface area contributed by atoms with E-state index < -0.39 is 0 Å². The second-order valence-electron chi connectivity index (χ2n) is 6.70. The van der Waals surface area contributed by atoms with Crippen molar-refractivity contribution in [2.24, 2.45) is 5.92 Å². The average Bonchev–Trinajstić information content (AvgIpc) is 3.31. The number of carbonyl (C=O) groups excluding carboxylic acids is 2. The van der Waals surface area contributed by atoms with E-state index in [-0.39, 0.29) is 17.9 Å². The molecule has 1 saturated heterocycles. The first-order valence-corrected chi connectivity index (χ1v) is 10.3. The number of thiazole rings is 1. The van der Waals surface area contributed by atoms with Crippen molar-refractivity contribution < 1.29 is 14.3 Å². The van der Waals surface area contributed by atoms with Crippen molar-refractivity contribution in [3.8, 4) is 11.3 Å². The molecule has 1 aliphatic heterocycles. The Kier molecular flexibility index (Phi) is 5.29. The monoisotopic (exact) mass is 398 g/mol. The fourth-order valence-electron chi connectivity index (χ4n) is 3.49. The summed E-state index contributed by atoms with van der Waals surface area (Å²) in [5.41, 5.74) is 1.70. The van der Waals surface area contributed by atoms with Crippen LogP contribution in [0.4, 0.5) is 10.6 Å². The lowest BCUT2D eigenvalue weighted by molar-refractivity contribution is -0.121. The Morgan fingerprint density at radius 3 is 2.93 bits per heavy atom. The number of anilines is 1. The van der Waals surface area contributed by atoms with E-state index in [0.29, 0.717) is 25.5 Å². The molecule has 0 bridgehead atoms. The van der Waals surface area contributed by atoms with Crippen LogP contribution in [0.3, 0.4) is 0 Å². The lowest BCUT2D eigenvalue weighted by Crippen LogP contribution is -2.44. The van der Waals surface area contributed by atoms with Crippen LogP contribution in [0.15, 0.2) is 41.9 Å². The minimum atomic E-state index is -0.352. The van der Waals surface area contributed by atoms with E-state index in [1.165, 1.54) is 11.3 Å². The molecular weight excluding hydrogens is 376 g/mol. The van der Waals surface area contributed by atoms with E-state index in [1.807, 2.05) is 46.3 Å². The van der Waals surface area contributed by atoms with E-state index >= 15 is 0 Å². The zero-order valence-electron chi connectivity index (χ0n) is 15.6. The second kappa shape index (κ2) is 8.02. The summed E-state index contributed by atoms with van der Waals surface area (Å²) in [5.74, 6) is 0.297. The summed E-state index contributed by atoms with van der Waals surface area (Å²) in [6, 6.07) is 9.81. The van der Waals surface area contributed by atoms with Crippen molar-refractivity contribution >= 4 is 34.1 Å². The van der Waals surface area contributed by atoms with Crippen LogP contribution in [0.5, 0.6) is 0 Å². The third-order valence-electron chi connectivity index (χ3n) is 4.87. The van der Waals surface area contributed by atoms with Gasteiger partial charge in [-0.05, 0) is 19.8 Å². The lowest BCUT2D eigenvalue weighted by Gasteiger charge is -2.31. The molecule has 2 aromatic heterocycles. The number of likely N-dealkylation sites (tertiary alicyclic amines) is 1. The zero-order chi connectivity index (χ0) is 19.5. The van der Waals surface area contributed by atoms with Crippen LogP contribution in [-0.4, -0.2) is 46.0 Å². The van der Waals surface area contributed by atoms with E-state index in [1.54, 1.807) is 11.8 Å². The number of rotatable bonds is 4. The Morgan fingerprint density at radius 2 is 2.14 bits per heavy atom. The summed E-state index contributed by atoms with van der Waals surface area (Å²) in [7, 11) is 0. The topological polar surface area (TPSA) is 75.9 Å². The van der Waals surface area contributed by atoms with Crippen LogP contribution in [0.25, 0.3) is 16.2 Å². The number of nitrogens with one attached hydrogen (secondary N) is 1. The number of amides is 2. The zero-order valence-corrected chi connectivity index (χ0v) is 16.4. The number of nitrogens with zero attached hydrogens (tertiary/aromatic N) is 3. The molecule has 28 heavy (non-hydrogen) atoms. The van der Waals surface area contributed by atoms with Crippen molar-refractivity contribution in [2.75, 3.05) is 25.0 Å². The molecule has 3 aromatic rings. The molecule has 1 N–H and O–H groups in total. The number of imidazole rings is 1. The standard InChI is InChI=1S/C20H22N4O3S/c1-2-27-20(26)23-10-6-9-15(13-23)18(25)22-17-16(14-7-4-3-5-8-14)21-19-24(17)11-12-28-19/h3-5,7-8,11-12,15H,2,6,9-10,13H2,1H3,(H,22,25). The molecule has 0 spiro atoms. The summed E-state index contributed by atoms with van der Waals surface area (Å²) < 4.78 is 6.98. The van der Waals surface area contributed by atoms with Gasteiger partial charge in [0.1, 0.15) is 11.5 Å².